The van der Waals surface area contributed by atoms with E-state index >= 15 is 0 Å². The molecular weight excluding hydrogens is 414 g/mol. The van der Waals surface area contributed by atoms with E-state index in [4.69, 9.17) is 0 Å². The second-order valence-corrected chi connectivity index (χ2v) is 6.66. The highest BCUT2D eigenvalue weighted by Crippen LogP contribution is 2.38. The van der Waals surface area contributed by atoms with E-state index in [-0.39, 0.29) is 5.91 Å². The molecule has 0 saturated carbocycles. The third-order valence-electron chi connectivity index (χ3n) is 2.85. The van der Waals surface area contributed by atoms with Crippen LogP contribution in [0.5, 0.6) is 0 Å². The minimum atomic E-state index is 0.194. The van der Waals surface area contributed by atoms with Crippen molar-refractivity contribution in [2.24, 2.45) is 5.92 Å². The fourth-order valence-electron chi connectivity index (χ4n) is 2.05. The lowest BCUT2D eigenvalue weighted by Crippen LogP contribution is -2.25. The van der Waals surface area contributed by atoms with Crippen LogP contribution in [0.2, 0.25) is 0 Å². The fourth-order valence-corrected chi connectivity index (χ4v) is 4.33. The van der Waals surface area contributed by atoms with Gasteiger partial charge in [0.15, 0.2) is 0 Å². The van der Waals surface area contributed by atoms with E-state index in [0.717, 1.165) is 32.1 Å². The van der Waals surface area contributed by atoms with Crippen molar-refractivity contribution >= 4 is 59.4 Å². The summed E-state index contributed by atoms with van der Waals surface area (Å²) in [4.78, 5) is 13.9. The van der Waals surface area contributed by atoms with E-state index in [1.807, 2.05) is 24.0 Å². The highest BCUT2D eigenvalue weighted by molar-refractivity contribution is 9.11. The number of hydrogen-bond donors (Lipinski definition) is 0. The van der Waals surface area contributed by atoms with Gasteiger partial charge in [-0.25, -0.2) is 0 Å². The molecule has 17 heavy (non-hydrogen) atoms. The molecule has 1 aromatic carbocycles. The van der Waals surface area contributed by atoms with Gasteiger partial charge in [0.1, 0.15) is 0 Å². The Bertz CT molecular complexity index is 438. The molecule has 1 amide bonds. The summed E-state index contributed by atoms with van der Waals surface area (Å²) in [6.45, 7) is 2.82. The molecule has 2 rings (SSSR count). The molecule has 1 aromatic rings. The zero-order valence-corrected chi connectivity index (χ0v) is 14.1. The molecule has 1 heterocycles. The van der Waals surface area contributed by atoms with Gasteiger partial charge in [0, 0.05) is 27.2 Å². The lowest BCUT2D eigenvalue weighted by molar-refractivity contribution is -0.117. The van der Waals surface area contributed by atoms with Crippen LogP contribution in [0, 0.1) is 12.8 Å². The standard InChI is InChI=1S/C12H12Br3NO/c1-7-2-9(14)12(10(15)3-7)16-6-8(5-13)4-11(16)17/h2-3,8H,4-6H2,1H3. The lowest BCUT2D eigenvalue weighted by atomic mass is 10.2. The van der Waals surface area contributed by atoms with Gasteiger partial charge in [-0.1, -0.05) is 15.9 Å². The second-order valence-electron chi connectivity index (χ2n) is 4.31. The molecule has 0 aromatic heterocycles. The van der Waals surface area contributed by atoms with Gasteiger partial charge < -0.3 is 4.90 Å². The van der Waals surface area contributed by atoms with Crippen LogP contribution < -0.4 is 4.90 Å². The summed E-state index contributed by atoms with van der Waals surface area (Å²) in [6.07, 6.45) is 0.623. The zero-order chi connectivity index (χ0) is 12.6. The van der Waals surface area contributed by atoms with Crippen LogP contribution >= 0.6 is 47.8 Å². The number of aryl methyl sites for hydroxylation is 1. The Labute approximate surface area is 126 Å². The molecule has 0 spiro atoms. The smallest absolute Gasteiger partial charge is 0.227 e. The molecule has 92 valence electrons. The van der Waals surface area contributed by atoms with E-state index in [1.54, 1.807) is 0 Å². The summed E-state index contributed by atoms with van der Waals surface area (Å²) in [5.74, 6) is 0.599. The largest absolute Gasteiger partial charge is 0.310 e. The van der Waals surface area contributed by atoms with Crippen molar-refractivity contribution in [3.63, 3.8) is 0 Å². The van der Waals surface area contributed by atoms with E-state index in [0.29, 0.717) is 12.3 Å². The maximum Gasteiger partial charge on any atom is 0.227 e. The monoisotopic (exact) mass is 423 g/mol. The number of alkyl halides is 1. The number of amides is 1. The van der Waals surface area contributed by atoms with Crippen LogP contribution in [0.15, 0.2) is 21.1 Å². The molecule has 1 aliphatic rings. The highest BCUT2D eigenvalue weighted by atomic mass is 79.9. The number of rotatable bonds is 2. The predicted molar refractivity (Wildman–Crippen MR) is 80.8 cm³/mol. The van der Waals surface area contributed by atoms with Gasteiger partial charge in [0.2, 0.25) is 5.91 Å². The average molecular weight is 426 g/mol. The first-order valence-electron chi connectivity index (χ1n) is 5.35. The molecule has 1 atom stereocenters. The number of anilines is 1. The highest BCUT2D eigenvalue weighted by Gasteiger charge is 2.32. The molecule has 5 heteroatoms. The average Bonchev–Trinajstić information content (AvgIpc) is 2.59. The Morgan fingerprint density at radius 1 is 1.35 bits per heavy atom. The number of hydrogen-bond acceptors (Lipinski definition) is 1. The van der Waals surface area contributed by atoms with Gasteiger partial charge in [-0.05, 0) is 62.4 Å². The maximum absolute atomic E-state index is 12.0. The number of benzene rings is 1. The van der Waals surface area contributed by atoms with Crippen molar-refractivity contribution in [1.29, 1.82) is 0 Å². The van der Waals surface area contributed by atoms with Crippen molar-refractivity contribution in [2.45, 2.75) is 13.3 Å². The van der Waals surface area contributed by atoms with Crippen molar-refractivity contribution < 1.29 is 4.79 Å². The Balaban J connectivity index is 2.38. The summed E-state index contributed by atoms with van der Waals surface area (Å²) in [5.41, 5.74) is 2.11. The summed E-state index contributed by atoms with van der Waals surface area (Å²) >= 11 is 10.5. The Hall–Kier alpha value is 0.130. The van der Waals surface area contributed by atoms with Crippen molar-refractivity contribution in [2.75, 3.05) is 16.8 Å². The first kappa shape index (κ1) is 13.6. The lowest BCUT2D eigenvalue weighted by Gasteiger charge is -2.20. The SMILES string of the molecule is Cc1cc(Br)c(N2CC(CBr)CC2=O)c(Br)c1. The van der Waals surface area contributed by atoms with Gasteiger partial charge in [0.25, 0.3) is 0 Å². The minimum absolute atomic E-state index is 0.194. The molecule has 0 bridgehead atoms. The normalized spacial score (nSPS) is 20.1. The molecule has 1 aliphatic heterocycles. The van der Waals surface area contributed by atoms with Crippen molar-refractivity contribution in [1.82, 2.24) is 0 Å². The van der Waals surface area contributed by atoms with Crippen molar-refractivity contribution in [3.05, 3.63) is 26.6 Å². The molecule has 1 fully saturated rings. The Kier molecular flexibility index (Phi) is 4.31. The van der Waals surface area contributed by atoms with Gasteiger partial charge >= 0.3 is 0 Å². The number of nitrogens with zero attached hydrogens (tertiary/aromatic N) is 1. The summed E-state index contributed by atoms with van der Waals surface area (Å²) in [5, 5.41) is 0.871. The molecule has 0 aliphatic carbocycles. The Morgan fingerprint density at radius 2 is 1.94 bits per heavy atom. The van der Waals surface area contributed by atoms with Gasteiger partial charge in [0.05, 0.1) is 5.69 Å². The summed E-state index contributed by atoms with van der Waals surface area (Å²) in [6, 6.07) is 4.07. The molecule has 0 N–H and O–H groups in total. The first-order chi connectivity index (χ1) is 8.02. The van der Waals surface area contributed by atoms with Crippen LogP contribution in [0.1, 0.15) is 12.0 Å². The predicted octanol–water partition coefficient (Wildman–Crippen LogP) is 4.27. The third kappa shape index (κ3) is 2.76. The molecule has 1 unspecified atom stereocenters. The molecular formula is C12H12Br3NO. The zero-order valence-electron chi connectivity index (χ0n) is 9.34. The first-order valence-corrected chi connectivity index (χ1v) is 8.05. The van der Waals surface area contributed by atoms with Gasteiger partial charge in [-0.2, -0.15) is 0 Å². The third-order valence-corrected chi connectivity index (χ3v) is 4.98. The maximum atomic E-state index is 12.0. The van der Waals surface area contributed by atoms with E-state index in [9.17, 15) is 4.79 Å². The second kappa shape index (κ2) is 5.41. The topological polar surface area (TPSA) is 20.3 Å². The van der Waals surface area contributed by atoms with Crippen LogP contribution in [0.3, 0.4) is 0 Å². The Morgan fingerprint density at radius 3 is 2.41 bits per heavy atom. The summed E-state index contributed by atoms with van der Waals surface area (Å²) < 4.78 is 1.93. The molecule has 2 nitrogen and oxygen atoms in total. The molecule has 1 saturated heterocycles. The van der Waals surface area contributed by atoms with Crippen LogP contribution in [-0.2, 0) is 4.79 Å². The van der Waals surface area contributed by atoms with Gasteiger partial charge in [-0.3, -0.25) is 4.79 Å². The van der Waals surface area contributed by atoms with Crippen LogP contribution in [0.25, 0.3) is 0 Å². The number of carbonyl (C=O) groups is 1. The van der Waals surface area contributed by atoms with Crippen LogP contribution in [0.4, 0.5) is 5.69 Å². The number of halogens is 3. The van der Waals surface area contributed by atoms with Gasteiger partial charge in [-0.15, -0.1) is 0 Å². The van der Waals surface area contributed by atoms with E-state index in [1.165, 1.54) is 0 Å². The van der Waals surface area contributed by atoms with Crippen molar-refractivity contribution in [3.8, 4) is 0 Å². The van der Waals surface area contributed by atoms with E-state index < -0.39 is 0 Å². The van der Waals surface area contributed by atoms with E-state index in [2.05, 4.69) is 47.8 Å². The molecule has 0 radical (unpaired) electrons. The minimum Gasteiger partial charge on any atom is -0.310 e. The van der Waals surface area contributed by atoms with Crippen LogP contribution in [-0.4, -0.2) is 17.8 Å². The number of carbonyl (C=O) groups excluding carboxylic acids is 1. The fraction of sp³-hybridized carbons (Fsp3) is 0.417. The summed E-state index contributed by atoms with van der Waals surface area (Å²) in [7, 11) is 0. The quantitative estimate of drug-likeness (QED) is 0.648.